The molecular formula is C24H23N3. The summed E-state index contributed by atoms with van der Waals surface area (Å²) in [6.07, 6.45) is 2.23. The molecule has 27 heavy (non-hydrogen) atoms. The molecule has 0 aliphatic carbocycles. The first kappa shape index (κ1) is 17.2. The molecule has 3 nitrogen and oxygen atoms in total. The number of fused-ring (bicyclic) bond motifs is 1. The standard InChI is InChI=1S/C24H23N3/c1-2-3-18-27-22-17-11-10-16-21(22)23(19-12-6-4-7-13-19)25-26-24(27)20-14-8-5-9-15-20/h4-17H,2-3,18H2,1H3. The van der Waals surface area contributed by atoms with Crippen LogP contribution in [0.2, 0.25) is 0 Å². The molecular weight excluding hydrogens is 330 g/mol. The van der Waals surface area contributed by atoms with E-state index in [4.69, 9.17) is 10.2 Å². The Kier molecular flexibility index (Phi) is 5.10. The number of hydrogen-bond donors (Lipinski definition) is 0. The van der Waals surface area contributed by atoms with Crippen LogP contribution in [0, 0.1) is 0 Å². The van der Waals surface area contributed by atoms with E-state index in [2.05, 4.69) is 72.5 Å². The van der Waals surface area contributed by atoms with E-state index in [1.54, 1.807) is 0 Å². The van der Waals surface area contributed by atoms with Crippen LogP contribution >= 0.6 is 0 Å². The Bertz CT molecular complexity index is 959. The summed E-state index contributed by atoms with van der Waals surface area (Å²) >= 11 is 0. The zero-order chi connectivity index (χ0) is 18.5. The highest BCUT2D eigenvalue weighted by Gasteiger charge is 2.23. The fraction of sp³-hybridized carbons (Fsp3) is 0.167. The van der Waals surface area contributed by atoms with Crippen LogP contribution in [0.25, 0.3) is 0 Å². The molecule has 134 valence electrons. The largest absolute Gasteiger partial charge is 0.324 e. The van der Waals surface area contributed by atoms with Gasteiger partial charge < -0.3 is 4.90 Å². The van der Waals surface area contributed by atoms with Crippen molar-refractivity contribution in [1.29, 1.82) is 0 Å². The summed E-state index contributed by atoms with van der Waals surface area (Å²) in [6.45, 7) is 3.13. The molecule has 0 saturated heterocycles. The van der Waals surface area contributed by atoms with Gasteiger partial charge in [-0.25, -0.2) is 0 Å². The third-order valence-corrected chi connectivity index (χ3v) is 4.76. The molecule has 0 unspecified atom stereocenters. The second kappa shape index (κ2) is 8.00. The Morgan fingerprint density at radius 2 is 1.33 bits per heavy atom. The van der Waals surface area contributed by atoms with Crippen molar-refractivity contribution in [3.05, 3.63) is 102 Å². The lowest BCUT2D eigenvalue weighted by molar-refractivity contribution is 0.794. The summed E-state index contributed by atoms with van der Waals surface area (Å²) in [5.41, 5.74) is 5.36. The maximum absolute atomic E-state index is 4.73. The van der Waals surface area contributed by atoms with E-state index in [0.717, 1.165) is 53.3 Å². The zero-order valence-electron chi connectivity index (χ0n) is 15.5. The van der Waals surface area contributed by atoms with Crippen molar-refractivity contribution in [3.8, 4) is 0 Å². The molecule has 0 saturated carbocycles. The van der Waals surface area contributed by atoms with Crippen LogP contribution < -0.4 is 4.90 Å². The van der Waals surface area contributed by atoms with Crippen molar-refractivity contribution in [1.82, 2.24) is 0 Å². The van der Waals surface area contributed by atoms with Gasteiger partial charge in [0.05, 0.1) is 5.69 Å². The second-order valence-corrected chi connectivity index (χ2v) is 6.63. The van der Waals surface area contributed by atoms with Gasteiger partial charge in [-0.1, -0.05) is 92.2 Å². The van der Waals surface area contributed by atoms with E-state index in [0.29, 0.717) is 0 Å². The smallest absolute Gasteiger partial charge is 0.162 e. The van der Waals surface area contributed by atoms with Gasteiger partial charge in [0.2, 0.25) is 0 Å². The molecule has 3 heteroatoms. The topological polar surface area (TPSA) is 28.0 Å². The molecule has 3 aromatic rings. The molecule has 0 aromatic heterocycles. The summed E-state index contributed by atoms with van der Waals surface area (Å²) < 4.78 is 0. The van der Waals surface area contributed by atoms with Gasteiger partial charge in [0.1, 0.15) is 5.71 Å². The fourth-order valence-electron chi connectivity index (χ4n) is 3.38. The van der Waals surface area contributed by atoms with Gasteiger partial charge in [0.15, 0.2) is 5.84 Å². The lowest BCUT2D eigenvalue weighted by atomic mass is 9.99. The first-order valence-corrected chi connectivity index (χ1v) is 9.52. The lowest BCUT2D eigenvalue weighted by Gasteiger charge is -2.26. The molecule has 0 amide bonds. The predicted molar refractivity (Wildman–Crippen MR) is 114 cm³/mol. The molecule has 4 rings (SSSR count). The van der Waals surface area contributed by atoms with Gasteiger partial charge in [-0.3, -0.25) is 0 Å². The van der Waals surface area contributed by atoms with Crippen molar-refractivity contribution in [2.75, 3.05) is 11.4 Å². The average Bonchev–Trinajstić information content (AvgIpc) is 2.90. The third-order valence-electron chi connectivity index (χ3n) is 4.76. The highest BCUT2D eigenvalue weighted by Crippen LogP contribution is 2.29. The highest BCUT2D eigenvalue weighted by atomic mass is 15.3. The van der Waals surface area contributed by atoms with Gasteiger partial charge in [-0.05, 0) is 12.5 Å². The molecule has 0 fully saturated rings. The highest BCUT2D eigenvalue weighted by molar-refractivity contribution is 6.21. The average molecular weight is 353 g/mol. The molecule has 0 spiro atoms. The van der Waals surface area contributed by atoms with E-state index in [1.165, 1.54) is 0 Å². The summed E-state index contributed by atoms with van der Waals surface area (Å²) in [5, 5.41) is 9.44. The molecule has 0 radical (unpaired) electrons. The van der Waals surface area contributed by atoms with Crippen molar-refractivity contribution < 1.29 is 0 Å². The maximum atomic E-state index is 4.73. The first-order chi connectivity index (χ1) is 13.4. The number of benzene rings is 3. The van der Waals surface area contributed by atoms with Crippen LogP contribution in [0.1, 0.15) is 36.5 Å². The minimum atomic E-state index is 0.905. The Morgan fingerprint density at radius 1 is 0.704 bits per heavy atom. The third kappa shape index (κ3) is 3.54. The normalized spacial score (nSPS) is 13.4. The van der Waals surface area contributed by atoms with Crippen LogP contribution in [0.3, 0.4) is 0 Å². The quantitative estimate of drug-likeness (QED) is 0.595. The van der Waals surface area contributed by atoms with Gasteiger partial charge in [-0.2, -0.15) is 0 Å². The summed E-state index contributed by atoms with van der Waals surface area (Å²) in [6, 6.07) is 29.1. The molecule has 3 aromatic carbocycles. The van der Waals surface area contributed by atoms with Crippen molar-refractivity contribution in [2.45, 2.75) is 19.8 Å². The zero-order valence-corrected chi connectivity index (χ0v) is 15.5. The van der Waals surface area contributed by atoms with Crippen molar-refractivity contribution in [3.63, 3.8) is 0 Å². The van der Waals surface area contributed by atoms with Crippen molar-refractivity contribution in [2.24, 2.45) is 10.2 Å². The predicted octanol–water partition coefficient (Wildman–Crippen LogP) is 5.51. The van der Waals surface area contributed by atoms with Crippen LogP contribution in [-0.4, -0.2) is 18.1 Å². The van der Waals surface area contributed by atoms with Gasteiger partial charge in [-0.15, -0.1) is 10.2 Å². The summed E-state index contributed by atoms with van der Waals surface area (Å²) in [5.74, 6) is 0.905. The van der Waals surface area contributed by atoms with Gasteiger partial charge >= 0.3 is 0 Å². The molecule has 0 atom stereocenters. The molecule has 1 aliphatic rings. The SMILES string of the molecule is CCCCN1C(c2ccccc2)=NN=C(c2ccccc2)c2ccccc21. The van der Waals surface area contributed by atoms with E-state index in [1.807, 2.05) is 24.3 Å². The summed E-state index contributed by atoms with van der Waals surface area (Å²) in [7, 11) is 0. The summed E-state index contributed by atoms with van der Waals surface area (Å²) in [4.78, 5) is 2.31. The fourth-order valence-corrected chi connectivity index (χ4v) is 3.38. The number of unbranched alkanes of at least 4 members (excludes halogenated alkanes) is 1. The minimum absolute atomic E-state index is 0.905. The lowest BCUT2D eigenvalue weighted by Crippen LogP contribution is -2.33. The van der Waals surface area contributed by atoms with Crippen LogP contribution in [0.5, 0.6) is 0 Å². The molecule has 0 N–H and O–H groups in total. The monoisotopic (exact) mass is 353 g/mol. The maximum Gasteiger partial charge on any atom is 0.162 e. The number of hydrogen-bond acceptors (Lipinski definition) is 3. The Morgan fingerprint density at radius 3 is 2.04 bits per heavy atom. The number of anilines is 1. The van der Waals surface area contributed by atoms with E-state index in [9.17, 15) is 0 Å². The van der Waals surface area contributed by atoms with E-state index < -0.39 is 0 Å². The van der Waals surface area contributed by atoms with Crippen LogP contribution in [0.15, 0.2) is 95.1 Å². The molecule has 0 bridgehead atoms. The Hall–Kier alpha value is -3.20. The van der Waals surface area contributed by atoms with Crippen molar-refractivity contribution >= 4 is 17.2 Å². The van der Waals surface area contributed by atoms with Crippen LogP contribution in [-0.2, 0) is 0 Å². The second-order valence-electron chi connectivity index (χ2n) is 6.63. The van der Waals surface area contributed by atoms with Gasteiger partial charge in [0, 0.05) is 23.2 Å². The van der Waals surface area contributed by atoms with E-state index >= 15 is 0 Å². The van der Waals surface area contributed by atoms with Gasteiger partial charge in [0.25, 0.3) is 0 Å². The van der Waals surface area contributed by atoms with Crippen LogP contribution in [0.4, 0.5) is 5.69 Å². The molecule has 1 aliphatic heterocycles. The number of amidine groups is 1. The molecule has 1 heterocycles. The Balaban J connectivity index is 1.91. The van der Waals surface area contributed by atoms with E-state index in [-0.39, 0.29) is 0 Å². The number of rotatable bonds is 5. The first-order valence-electron chi connectivity index (χ1n) is 9.52. The number of para-hydroxylation sites is 1. The number of nitrogens with zero attached hydrogens (tertiary/aromatic N) is 3. The Labute approximate surface area is 160 Å². The minimum Gasteiger partial charge on any atom is -0.324 e.